The Kier molecular flexibility index (Phi) is 5.76. The molecule has 0 bridgehead atoms. The summed E-state index contributed by atoms with van der Waals surface area (Å²) in [5, 5.41) is 8.56. The lowest BCUT2D eigenvalue weighted by molar-refractivity contribution is -0.131. The Hall–Kier alpha value is -1.82. The van der Waals surface area contributed by atoms with Crippen LogP contribution in [0.1, 0.15) is 30.9 Å². The van der Waals surface area contributed by atoms with Gasteiger partial charge in [-0.3, -0.25) is 4.72 Å². The normalized spacial score (nSPS) is 11.7. The van der Waals surface area contributed by atoms with Crippen LogP contribution < -0.4 is 4.72 Å². The number of aryl methyl sites for hydroxylation is 1. The number of carbonyl (C=O) groups is 1. The quantitative estimate of drug-likeness (QED) is 0.758. The first-order chi connectivity index (χ1) is 9.34. The van der Waals surface area contributed by atoms with Gasteiger partial charge in [0.2, 0.25) is 10.0 Å². The predicted octanol–water partition coefficient (Wildman–Crippen LogP) is 2.63. The summed E-state index contributed by atoms with van der Waals surface area (Å²) >= 11 is 0. The van der Waals surface area contributed by atoms with Gasteiger partial charge in [-0.1, -0.05) is 19.4 Å². The molecular weight excluding hydrogens is 278 g/mol. The van der Waals surface area contributed by atoms with Gasteiger partial charge in [-0.05, 0) is 42.7 Å². The molecule has 0 atom stereocenters. The highest BCUT2D eigenvalue weighted by molar-refractivity contribution is 7.92. The van der Waals surface area contributed by atoms with Crippen molar-refractivity contribution in [1.82, 2.24) is 0 Å². The third-order valence-electron chi connectivity index (χ3n) is 2.70. The molecular formula is C14H19NO4S. The summed E-state index contributed by atoms with van der Waals surface area (Å²) in [6, 6.07) is 5.04. The third kappa shape index (κ3) is 5.44. The molecule has 0 aliphatic rings. The van der Waals surface area contributed by atoms with Gasteiger partial charge in [0.1, 0.15) is 0 Å². The van der Waals surface area contributed by atoms with E-state index in [-0.39, 0.29) is 5.75 Å². The highest BCUT2D eigenvalue weighted by Gasteiger charge is 2.11. The molecule has 20 heavy (non-hydrogen) atoms. The Bertz CT molecular complexity index is 606. The molecule has 1 rings (SSSR count). The summed E-state index contributed by atoms with van der Waals surface area (Å²) in [5.74, 6) is -0.920. The number of anilines is 1. The highest BCUT2D eigenvalue weighted by Crippen LogP contribution is 2.19. The van der Waals surface area contributed by atoms with Crippen LogP contribution in [0.2, 0.25) is 0 Å². The molecule has 0 amide bonds. The van der Waals surface area contributed by atoms with Gasteiger partial charge in [-0.25, -0.2) is 13.2 Å². The molecule has 0 radical (unpaired) electrons. The number of hydrogen-bond acceptors (Lipinski definition) is 3. The van der Waals surface area contributed by atoms with Crippen LogP contribution in [0, 0.1) is 6.92 Å². The summed E-state index contributed by atoms with van der Waals surface area (Å²) in [6.45, 7) is 3.71. The zero-order chi connectivity index (χ0) is 15.2. The second-order valence-electron chi connectivity index (χ2n) is 4.52. The van der Waals surface area contributed by atoms with Crippen molar-refractivity contribution in [2.24, 2.45) is 0 Å². The predicted molar refractivity (Wildman–Crippen MR) is 80.2 cm³/mol. The van der Waals surface area contributed by atoms with Gasteiger partial charge in [0, 0.05) is 6.08 Å². The molecule has 2 N–H and O–H groups in total. The van der Waals surface area contributed by atoms with Crippen molar-refractivity contribution < 1.29 is 18.3 Å². The van der Waals surface area contributed by atoms with Gasteiger partial charge < -0.3 is 5.11 Å². The molecule has 0 unspecified atom stereocenters. The van der Waals surface area contributed by atoms with E-state index in [1.165, 1.54) is 6.08 Å². The Morgan fingerprint density at radius 2 is 2.10 bits per heavy atom. The van der Waals surface area contributed by atoms with E-state index in [1.54, 1.807) is 25.1 Å². The van der Waals surface area contributed by atoms with E-state index in [2.05, 4.69) is 4.72 Å². The Morgan fingerprint density at radius 1 is 1.40 bits per heavy atom. The van der Waals surface area contributed by atoms with Crippen LogP contribution in [0.15, 0.2) is 24.3 Å². The lowest BCUT2D eigenvalue weighted by Gasteiger charge is -2.10. The molecule has 0 spiro atoms. The number of unbranched alkanes of at least 4 members (excludes halogenated alkanes) is 1. The van der Waals surface area contributed by atoms with E-state index in [0.717, 1.165) is 18.1 Å². The maximum absolute atomic E-state index is 11.8. The molecule has 5 nitrogen and oxygen atoms in total. The minimum absolute atomic E-state index is 0.101. The molecule has 1 aromatic rings. The second kappa shape index (κ2) is 7.09. The van der Waals surface area contributed by atoms with Crippen molar-refractivity contribution in [2.75, 3.05) is 10.5 Å². The first kappa shape index (κ1) is 16.2. The molecule has 0 aliphatic carbocycles. The Balaban J connectivity index is 2.86. The van der Waals surface area contributed by atoms with Crippen LogP contribution in [0.25, 0.3) is 6.08 Å². The van der Waals surface area contributed by atoms with Crippen LogP contribution in [-0.4, -0.2) is 25.2 Å². The van der Waals surface area contributed by atoms with Gasteiger partial charge in [0.05, 0.1) is 11.4 Å². The van der Waals surface area contributed by atoms with E-state index >= 15 is 0 Å². The van der Waals surface area contributed by atoms with E-state index < -0.39 is 16.0 Å². The van der Waals surface area contributed by atoms with E-state index in [1.807, 2.05) is 6.92 Å². The number of aliphatic carboxylic acids is 1. The van der Waals surface area contributed by atoms with Crippen LogP contribution >= 0.6 is 0 Å². The summed E-state index contributed by atoms with van der Waals surface area (Å²) < 4.78 is 26.2. The highest BCUT2D eigenvalue weighted by atomic mass is 32.2. The van der Waals surface area contributed by atoms with Gasteiger partial charge in [0.15, 0.2) is 0 Å². The van der Waals surface area contributed by atoms with Crippen LogP contribution in [0.3, 0.4) is 0 Å². The Labute approximate surface area is 119 Å². The fourth-order valence-corrected chi connectivity index (χ4v) is 2.96. The van der Waals surface area contributed by atoms with E-state index in [0.29, 0.717) is 17.7 Å². The summed E-state index contributed by atoms with van der Waals surface area (Å²) in [4.78, 5) is 10.4. The Morgan fingerprint density at radius 3 is 2.65 bits per heavy atom. The van der Waals surface area contributed by atoms with Crippen LogP contribution in [-0.2, 0) is 14.8 Å². The van der Waals surface area contributed by atoms with Gasteiger partial charge in [-0.2, -0.15) is 0 Å². The largest absolute Gasteiger partial charge is 0.478 e. The van der Waals surface area contributed by atoms with Crippen molar-refractivity contribution >= 4 is 27.8 Å². The molecule has 110 valence electrons. The summed E-state index contributed by atoms with van der Waals surface area (Å²) in [5.41, 5.74) is 1.98. The lowest BCUT2D eigenvalue weighted by Crippen LogP contribution is -2.17. The van der Waals surface area contributed by atoms with Crippen LogP contribution in [0.4, 0.5) is 5.69 Å². The van der Waals surface area contributed by atoms with Gasteiger partial charge >= 0.3 is 5.97 Å². The zero-order valence-corrected chi connectivity index (χ0v) is 12.4. The average Bonchev–Trinajstić information content (AvgIpc) is 2.37. The number of carboxylic acid groups (broad SMARTS) is 1. The standard InChI is InChI=1S/C14H19NO4S/c1-3-4-9-20(18,19)15-13-7-5-12(10-11(13)2)6-8-14(16)17/h5-8,10,15H,3-4,9H2,1-2H3,(H,16,17). The number of rotatable bonds is 7. The summed E-state index contributed by atoms with van der Waals surface area (Å²) in [7, 11) is -3.32. The number of benzene rings is 1. The number of nitrogens with one attached hydrogen (secondary N) is 1. The van der Waals surface area contributed by atoms with Gasteiger partial charge in [0.25, 0.3) is 0 Å². The molecule has 0 fully saturated rings. The monoisotopic (exact) mass is 297 g/mol. The van der Waals surface area contributed by atoms with Crippen molar-refractivity contribution in [3.63, 3.8) is 0 Å². The van der Waals surface area contributed by atoms with Crippen molar-refractivity contribution in [1.29, 1.82) is 0 Å². The molecule has 0 heterocycles. The summed E-state index contributed by atoms with van der Waals surface area (Å²) in [6.07, 6.45) is 3.94. The molecule has 6 heteroatoms. The zero-order valence-electron chi connectivity index (χ0n) is 11.6. The smallest absolute Gasteiger partial charge is 0.328 e. The average molecular weight is 297 g/mol. The molecule has 0 aromatic heterocycles. The van der Waals surface area contributed by atoms with E-state index in [4.69, 9.17) is 5.11 Å². The number of carboxylic acids is 1. The van der Waals surface area contributed by atoms with Crippen molar-refractivity contribution in [3.8, 4) is 0 Å². The van der Waals surface area contributed by atoms with Gasteiger partial charge in [-0.15, -0.1) is 0 Å². The SMILES string of the molecule is CCCCS(=O)(=O)Nc1ccc(C=CC(=O)O)cc1C. The molecule has 0 saturated carbocycles. The fraction of sp³-hybridized carbons (Fsp3) is 0.357. The number of hydrogen-bond donors (Lipinski definition) is 2. The van der Waals surface area contributed by atoms with Crippen molar-refractivity contribution in [3.05, 3.63) is 35.4 Å². The van der Waals surface area contributed by atoms with E-state index in [9.17, 15) is 13.2 Å². The first-order valence-electron chi connectivity index (χ1n) is 6.36. The maximum Gasteiger partial charge on any atom is 0.328 e. The van der Waals surface area contributed by atoms with Crippen LogP contribution in [0.5, 0.6) is 0 Å². The van der Waals surface area contributed by atoms with Crippen molar-refractivity contribution in [2.45, 2.75) is 26.7 Å². The lowest BCUT2D eigenvalue weighted by atomic mass is 10.1. The molecule has 0 aliphatic heterocycles. The molecule has 1 aromatic carbocycles. The second-order valence-corrected chi connectivity index (χ2v) is 6.36. The first-order valence-corrected chi connectivity index (χ1v) is 8.01. The minimum atomic E-state index is -3.32. The maximum atomic E-state index is 11.8. The minimum Gasteiger partial charge on any atom is -0.478 e. The molecule has 0 saturated heterocycles. The third-order valence-corrected chi connectivity index (χ3v) is 4.06. The topological polar surface area (TPSA) is 83.5 Å². The number of sulfonamides is 1. The fourth-order valence-electron chi connectivity index (χ4n) is 1.63.